The van der Waals surface area contributed by atoms with E-state index in [-0.39, 0.29) is 6.04 Å². The quantitative estimate of drug-likeness (QED) is 0.255. The highest BCUT2D eigenvalue weighted by Gasteiger charge is 2.42. The van der Waals surface area contributed by atoms with E-state index in [2.05, 4.69) is 0 Å². The van der Waals surface area contributed by atoms with Crippen molar-refractivity contribution < 1.29 is 23.4 Å². The zero-order valence-corrected chi connectivity index (χ0v) is 19.9. The van der Waals surface area contributed by atoms with Crippen molar-refractivity contribution in [3.63, 3.8) is 0 Å². The number of ether oxygens (including phenoxy) is 3. The minimum atomic E-state index is -0.494. The number of hydrazone groups is 1. The van der Waals surface area contributed by atoms with Gasteiger partial charge in [0.15, 0.2) is 11.5 Å². The summed E-state index contributed by atoms with van der Waals surface area (Å²) in [7, 11) is 1.64. The van der Waals surface area contributed by atoms with Gasteiger partial charge in [-0.2, -0.15) is 5.10 Å². The van der Waals surface area contributed by atoms with Crippen LogP contribution in [0.5, 0.6) is 17.2 Å². The first-order valence-corrected chi connectivity index (χ1v) is 11.7. The molecule has 0 saturated heterocycles. The number of esters is 1. The van der Waals surface area contributed by atoms with Gasteiger partial charge in [0, 0.05) is 17.5 Å². The van der Waals surface area contributed by atoms with Crippen LogP contribution in [0, 0.1) is 6.92 Å². The van der Waals surface area contributed by atoms with Gasteiger partial charge in [0.25, 0.3) is 0 Å². The molecule has 0 N–H and O–H groups in total. The molecule has 0 saturated carbocycles. The molecule has 0 amide bonds. The molecule has 36 heavy (non-hydrogen) atoms. The summed E-state index contributed by atoms with van der Waals surface area (Å²) in [6.45, 7) is 1.92. The highest BCUT2D eigenvalue weighted by Crippen LogP contribution is 2.50. The summed E-state index contributed by atoms with van der Waals surface area (Å²) in [6, 6.07) is 26.0. The van der Waals surface area contributed by atoms with E-state index in [9.17, 15) is 4.79 Å². The molecule has 3 heterocycles. The van der Waals surface area contributed by atoms with Gasteiger partial charge in [-0.15, -0.1) is 0 Å². The third kappa shape index (κ3) is 3.88. The molecule has 0 aliphatic carbocycles. The number of aryl methyl sites for hydroxylation is 1. The van der Waals surface area contributed by atoms with Gasteiger partial charge in [-0.25, -0.2) is 9.80 Å². The number of carbonyl (C=O) groups excluding carboxylic acids is 1. The minimum Gasteiger partial charge on any atom is -0.493 e. The SMILES string of the molecule is COc1cccc2c1O[C@H](c1ccc(OC(=O)c3ccccc3)cc1)N1N=C(c3ccc(C)o3)C[C@H]21. The van der Waals surface area contributed by atoms with Crippen LogP contribution in [-0.4, -0.2) is 23.8 Å². The first-order chi connectivity index (χ1) is 17.6. The normalized spacial score (nSPS) is 18.1. The van der Waals surface area contributed by atoms with Gasteiger partial charge < -0.3 is 18.6 Å². The molecule has 7 heteroatoms. The Bertz CT molecular complexity index is 1440. The second-order valence-electron chi connectivity index (χ2n) is 8.73. The number of hydrogen-bond donors (Lipinski definition) is 0. The zero-order chi connectivity index (χ0) is 24.6. The number of rotatable bonds is 5. The molecule has 2 aliphatic heterocycles. The molecule has 3 aromatic carbocycles. The average molecular weight is 481 g/mol. The summed E-state index contributed by atoms with van der Waals surface area (Å²) < 4.78 is 23.5. The fourth-order valence-corrected chi connectivity index (χ4v) is 4.64. The van der Waals surface area contributed by atoms with Crippen LogP contribution < -0.4 is 14.2 Å². The van der Waals surface area contributed by atoms with E-state index < -0.39 is 12.2 Å². The Morgan fingerprint density at radius 3 is 2.50 bits per heavy atom. The van der Waals surface area contributed by atoms with E-state index in [1.54, 1.807) is 43.5 Å². The van der Waals surface area contributed by atoms with E-state index in [1.807, 2.05) is 60.5 Å². The second-order valence-corrected chi connectivity index (χ2v) is 8.73. The maximum Gasteiger partial charge on any atom is 0.343 e. The van der Waals surface area contributed by atoms with Crippen molar-refractivity contribution >= 4 is 11.7 Å². The van der Waals surface area contributed by atoms with Crippen molar-refractivity contribution in [1.82, 2.24) is 5.01 Å². The largest absolute Gasteiger partial charge is 0.493 e. The van der Waals surface area contributed by atoms with Gasteiger partial charge in [-0.05, 0) is 61.5 Å². The topological polar surface area (TPSA) is 73.5 Å². The van der Waals surface area contributed by atoms with Gasteiger partial charge in [0.1, 0.15) is 23.0 Å². The van der Waals surface area contributed by atoms with E-state index in [1.165, 1.54) is 0 Å². The van der Waals surface area contributed by atoms with Gasteiger partial charge in [0.05, 0.1) is 18.7 Å². The molecule has 0 radical (unpaired) electrons. The molecule has 2 atom stereocenters. The van der Waals surface area contributed by atoms with Crippen molar-refractivity contribution in [2.45, 2.75) is 25.6 Å². The molecule has 4 aromatic rings. The van der Waals surface area contributed by atoms with E-state index in [0.717, 1.165) is 28.4 Å². The van der Waals surface area contributed by atoms with Crippen molar-refractivity contribution in [2.75, 3.05) is 7.11 Å². The van der Waals surface area contributed by atoms with Gasteiger partial charge in [-0.3, -0.25) is 0 Å². The molecule has 1 aromatic heterocycles. The van der Waals surface area contributed by atoms with Crippen LogP contribution in [0.1, 0.15) is 51.7 Å². The third-order valence-electron chi connectivity index (χ3n) is 6.41. The molecule has 0 spiro atoms. The molecule has 7 nitrogen and oxygen atoms in total. The summed E-state index contributed by atoms with van der Waals surface area (Å²) in [4.78, 5) is 12.4. The summed E-state index contributed by atoms with van der Waals surface area (Å²) in [6.07, 6.45) is 0.186. The molecular formula is C29H24N2O5. The minimum absolute atomic E-state index is 0.0372. The van der Waals surface area contributed by atoms with Crippen LogP contribution in [0.25, 0.3) is 0 Å². The monoisotopic (exact) mass is 480 g/mol. The average Bonchev–Trinajstić information content (AvgIpc) is 3.55. The fraction of sp³-hybridized carbons (Fsp3) is 0.172. The Balaban J connectivity index is 1.32. The van der Waals surface area contributed by atoms with Crippen molar-refractivity contribution in [3.05, 3.63) is 113 Å². The van der Waals surface area contributed by atoms with Crippen molar-refractivity contribution in [2.24, 2.45) is 5.10 Å². The first-order valence-electron chi connectivity index (χ1n) is 11.7. The van der Waals surface area contributed by atoms with Crippen LogP contribution in [-0.2, 0) is 0 Å². The Morgan fingerprint density at radius 1 is 0.972 bits per heavy atom. The van der Waals surface area contributed by atoms with E-state index in [4.69, 9.17) is 23.7 Å². The van der Waals surface area contributed by atoms with Crippen LogP contribution in [0.2, 0.25) is 0 Å². The summed E-state index contributed by atoms with van der Waals surface area (Å²) >= 11 is 0. The maximum atomic E-state index is 12.4. The Hall–Kier alpha value is -4.52. The number of carbonyl (C=O) groups is 1. The highest BCUT2D eigenvalue weighted by atomic mass is 16.5. The Morgan fingerprint density at radius 2 is 1.78 bits per heavy atom. The van der Waals surface area contributed by atoms with Gasteiger partial charge in [-0.1, -0.05) is 30.3 Å². The molecular weight excluding hydrogens is 456 g/mol. The third-order valence-corrected chi connectivity index (χ3v) is 6.41. The van der Waals surface area contributed by atoms with Gasteiger partial charge in [0.2, 0.25) is 6.23 Å². The predicted molar refractivity (Wildman–Crippen MR) is 133 cm³/mol. The smallest absolute Gasteiger partial charge is 0.343 e. The van der Waals surface area contributed by atoms with Gasteiger partial charge >= 0.3 is 5.97 Å². The number of nitrogens with zero attached hydrogens (tertiary/aromatic N) is 2. The van der Waals surface area contributed by atoms with Crippen molar-refractivity contribution in [3.8, 4) is 17.2 Å². The number of fused-ring (bicyclic) bond motifs is 3. The number of para-hydroxylation sites is 1. The molecule has 0 unspecified atom stereocenters. The summed E-state index contributed by atoms with van der Waals surface area (Å²) in [5, 5.41) is 6.89. The lowest BCUT2D eigenvalue weighted by molar-refractivity contribution is -0.0209. The van der Waals surface area contributed by atoms with Crippen LogP contribution in [0.15, 0.2) is 94.4 Å². The maximum absolute atomic E-state index is 12.4. The van der Waals surface area contributed by atoms with Crippen LogP contribution in [0.4, 0.5) is 0 Å². The number of methoxy groups -OCH3 is 1. The molecule has 0 fully saturated rings. The Kier molecular flexibility index (Phi) is 5.45. The standard InChI is InChI=1S/C29H24N2O5/c1-18-11-16-25(34-18)23-17-24-22-9-6-10-26(33-2)27(22)36-28(31(24)30-23)19-12-14-21(15-13-19)35-29(32)20-7-4-3-5-8-20/h3-16,24,28H,17H2,1-2H3/t24-,28-/m1/s1. The van der Waals surface area contributed by atoms with E-state index >= 15 is 0 Å². The zero-order valence-electron chi connectivity index (χ0n) is 19.9. The highest BCUT2D eigenvalue weighted by molar-refractivity contribution is 5.99. The molecule has 2 aliphatic rings. The first kappa shape index (κ1) is 22.0. The summed E-state index contributed by atoms with van der Waals surface area (Å²) in [5.74, 6) is 3.03. The fourth-order valence-electron chi connectivity index (χ4n) is 4.64. The number of furan rings is 1. The molecule has 6 rings (SSSR count). The second kappa shape index (κ2) is 8.92. The lowest BCUT2D eigenvalue weighted by atomic mass is 9.97. The van der Waals surface area contributed by atoms with E-state index in [0.29, 0.717) is 29.2 Å². The lowest BCUT2D eigenvalue weighted by Crippen LogP contribution is -2.33. The molecule has 180 valence electrons. The Labute approximate surface area is 208 Å². The van der Waals surface area contributed by atoms with Crippen molar-refractivity contribution in [1.29, 1.82) is 0 Å². The van der Waals surface area contributed by atoms with Crippen LogP contribution in [0.3, 0.4) is 0 Å². The predicted octanol–water partition coefficient (Wildman–Crippen LogP) is 6.06. The lowest BCUT2D eigenvalue weighted by Gasteiger charge is -2.38. The molecule has 0 bridgehead atoms. The number of hydrogen-bond acceptors (Lipinski definition) is 7. The summed E-state index contributed by atoms with van der Waals surface area (Å²) in [5.41, 5.74) is 3.25. The van der Waals surface area contributed by atoms with Crippen LogP contribution >= 0.6 is 0 Å². The number of benzene rings is 3.